The molecule has 1 aliphatic carbocycles. The summed E-state index contributed by atoms with van der Waals surface area (Å²) >= 11 is 0. The number of rotatable bonds is 9. The maximum atomic E-state index is 13.7. The Bertz CT molecular complexity index is 1550. The molecule has 3 N–H and O–H groups in total. The molecular weight excluding hydrogens is 586 g/mol. The van der Waals surface area contributed by atoms with E-state index in [-0.39, 0.29) is 30.9 Å². The van der Waals surface area contributed by atoms with Crippen molar-refractivity contribution in [1.29, 1.82) is 0 Å². The second-order valence-electron chi connectivity index (χ2n) is 13.0. The van der Waals surface area contributed by atoms with Crippen LogP contribution in [0.2, 0.25) is 0 Å². The molecule has 1 saturated heterocycles. The van der Waals surface area contributed by atoms with Crippen molar-refractivity contribution in [1.82, 2.24) is 20.5 Å². The lowest BCUT2D eigenvalue weighted by molar-refractivity contribution is -0.150. The summed E-state index contributed by atoms with van der Waals surface area (Å²) in [5.41, 5.74) is 1.05. The average molecular weight is 630 g/mol. The van der Waals surface area contributed by atoms with Crippen molar-refractivity contribution in [2.45, 2.75) is 90.1 Å². The van der Waals surface area contributed by atoms with Crippen LogP contribution in [0.1, 0.15) is 70.4 Å². The number of anilines is 1. The van der Waals surface area contributed by atoms with Crippen molar-refractivity contribution in [2.75, 3.05) is 11.9 Å². The first kappa shape index (κ1) is 32.7. The number of nitrogens with zero attached hydrogens (tertiary/aromatic N) is 2. The van der Waals surface area contributed by atoms with Crippen molar-refractivity contribution >= 4 is 40.6 Å². The van der Waals surface area contributed by atoms with Crippen LogP contribution in [0, 0.1) is 5.92 Å². The van der Waals surface area contributed by atoms with Crippen LogP contribution in [0.5, 0.6) is 0 Å². The number of hydrogen-bond acceptors (Lipinski definition) is 7. The normalized spacial score (nSPS) is 17.4. The first-order valence-electron chi connectivity index (χ1n) is 16.0. The zero-order chi connectivity index (χ0) is 32.7. The highest BCUT2D eigenvalue weighted by atomic mass is 16.6. The molecule has 2 heterocycles. The second kappa shape index (κ2) is 14.6. The van der Waals surface area contributed by atoms with E-state index in [0.29, 0.717) is 18.8 Å². The highest BCUT2D eigenvalue weighted by molar-refractivity contribution is 5.98. The van der Waals surface area contributed by atoms with Crippen LogP contribution in [-0.4, -0.2) is 58.1 Å². The molecule has 0 unspecified atom stereocenters. The fourth-order valence-corrected chi connectivity index (χ4v) is 5.99. The third-order valence-electron chi connectivity index (χ3n) is 8.39. The van der Waals surface area contributed by atoms with Gasteiger partial charge in [-0.1, -0.05) is 61.7 Å². The largest absolute Gasteiger partial charge is 0.444 e. The van der Waals surface area contributed by atoms with Gasteiger partial charge in [0.25, 0.3) is 0 Å². The van der Waals surface area contributed by atoms with Gasteiger partial charge in [-0.2, -0.15) is 0 Å². The first-order chi connectivity index (χ1) is 22.1. The Balaban J connectivity index is 1.18. The minimum Gasteiger partial charge on any atom is -0.444 e. The molecule has 2 aromatic carbocycles. The standard InChI is InChI=1S/C35H43N5O6/c1-35(2,3)46-34(44)38-29(25-12-8-5-9-13-25)32(42)40-19-17-28(40)31(41)37-21-24-14-15-27-26(20-24)16-18-36-30(27)39-33(43)45-22-23-10-6-4-7-11-23/h4,6-7,10-11,14-16,18,20,25,28-29H,5,8-9,12-13,17,19,21-22H2,1-3H3,(H,37,41)(H,38,44)(H,36,39,43)/t28-,29+/m0/s1. The Morgan fingerprint density at radius 3 is 2.39 bits per heavy atom. The molecule has 0 radical (unpaired) electrons. The molecule has 5 rings (SSSR count). The number of amides is 4. The summed E-state index contributed by atoms with van der Waals surface area (Å²) in [7, 11) is 0. The zero-order valence-electron chi connectivity index (χ0n) is 26.7. The Kier molecular flexibility index (Phi) is 10.4. The minimum absolute atomic E-state index is 0.00951. The number of pyridine rings is 1. The van der Waals surface area contributed by atoms with Crippen LogP contribution in [0.15, 0.2) is 60.8 Å². The highest BCUT2D eigenvalue weighted by Crippen LogP contribution is 2.30. The van der Waals surface area contributed by atoms with Crippen molar-refractivity contribution < 1.29 is 28.7 Å². The fourth-order valence-electron chi connectivity index (χ4n) is 5.99. The monoisotopic (exact) mass is 629 g/mol. The van der Waals surface area contributed by atoms with Crippen LogP contribution < -0.4 is 16.0 Å². The molecule has 0 bridgehead atoms. The van der Waals surface area contributed by atoms with E-state index >= 15 is 0 Å². The second-order valence-corrected chi connectivity index (χ2v) is 13.0. The van der Waals surface area contributed by atoms with Gasteiger partial charge in [-0.15, -0.1) is 0 Å². The summed E-state index contributed by atoms with van der Waals surface area (Å²) in [5, 5.41) is 10.1. The molecule has 4 amide bonds. The van der Waals surface area contributed by atoms with Gasteiger partial charge in [0.05, 0.1) is 0 Å². The number of ether oxygens (including phenoxy) is 2. The molecule has 244 valence electrons. The third kappa shape index (κ3) is 8.52. The van der Waals surface area contributed by atoms with E-state index in [0.717, 1.165) is 54.0 Å². The van der Waals surface area contributed by atoms with Crippen LogP contribution in [-0.2, 0) is 32.2 Å². The summed E-state index contributed by atoms with van der Waals surface area (Å²) < 4.78 is 10.8. The Labute approximate surface area is 269 Å². The smallest absolute Gasteiger partial charge is 0.413 e. The van der Waals surface area contributed by atoms with E-state index in [1.54, 1.807) is 31.9 Å². The van der Waals surface area contributed by atoms with E-state index in [1.807, 2.05) is 54.6 Å². The number of benzene rings is 2. The summed E-state index contributed by atoms with van der Waals surface area (Å²) in [6.45, 7) is 6.22. The van der Waals surface area contributed by atoms with E-state index in [9.17, 15) is 19.2 Å². The molecule has 2 atom stereocenters. The summed E-state index contributed by atoms with van der Waals surface area (Å²) in [6, 6.07) is 15.5. The van der Waals surface area contributed by atoms with Crippen molar-refractivity contribution in [3.05, 3.63) is 71.9 Å². The lowest BCUT2D eigenvalue weighted by Crippen LogP contribution is -2.63. The molecule has 2 fully saturated rings. The van der Waals surface area contributed by atoms with Gasteiger partial charge in [-0.25, -0.2) is 14.6 Å². The van der Waals surface area contributed by atoms with Crippen LogP contribution >= 0.6 is 0 Å². The molecule has 1 aromatic heterocycles. The number of fused-ring (bicyclic) bond motifs is 1. The number of carbonyl (C=O) groups excluding carboxylic acids is 4. The number of alkyl carbamates (subject to hydrolysis) is 1. The van der Waals surface area contributed by atoms with Crippen LogP contribution in [0.25, 0.3) is 10.8 Å². The Hall–Kier alpha value is -4.67. The predicted octanol–water partition coefficient (Wildman–Crippen LogP) is 5.67. The quantitative estimate of drug-likeness (QED) is 0.277. The van der Waals surface area contributed by atoms with Gasteiger partial charge in [0, 0.05) is 24.7 Å². The minimum atomic E-state index is -0.724. The van der Waals surface area contributed by atoms with Gasteiger partial charge in [0.15, 0.2) is 0 Å². The molecular formula is C35H43N5O6. The van der Waals surface area contributed by atoms with Gasteiger partial charge in [0.1, 0.15) is 30.1 Å². The summed E-state index contributed by atoms with van der Waals surface area (Å²) in [4.78, 5) is 57.9. The molecule has 1 aliphatic heterocycles. The van der Waals surface area contributed by atoms with Gasteiger partial charge in [-0.05, 0) is 74.6 Å². The number of carbonyl (C=O) groups is 4. The third-order valence-corrected chi connectivity index (χ3v) is 8.39. The molecule has 46 heavy (non-hydrogen) atoms. The van der Waals surface area contributed by atoms with E-state index in [1.165, 1.54) is 0 Å². The van der Waals surface area contributed by atoms with E-state index < -0.39 is 29.9 Å². The maximum absolute atomic E-state index is 13.7. The molecule has 11 nitrogen and oxygen atoms in total. The molecule has 11 heteroatoms. The maximum Gasteiger partial charge on any atom is 0.413 e. The van der Waals surface area contributed by atoms with Crippen molar-refractivity contribution in [3.63, 3.8) is 0 Å². The molecule has 1 saturated carbocycles. The first-order valence-corrected chi connectivity index (χ1v) is 16.0. The van der Waals surface area contributed by atoms with Crippen LogP contribution in [0.3, 0.4) is 0 Å². The van der Waals surface area contributed by atoms with Crippen molar-refractivity contribution in [2.24, 2.45) is 5.92 Å². The predicted molar refractivity (Wildman–Crippen MR) is 174 cm³/mol. The zero-order valence-corrected chi connectivity index (χ0v) is 26.7. The lowest BCUT2D eigenvalue weighted by Gasteiger charge is -2.43. The van der Waals surface area contributed by atoms with Gasteiger partial charge < -0.3 is 25.0 Å². The Morgan fingerprint density at radius 1 is 0.935 bits per heavy atom. The lowest BCUT2D eigenvalue weighted by atomic mass is 9.82. The molecule has 0 spiro atoms. The molecule has 3 aromatic rings. The summed E-state index contributed by atoms with van der Waals surface area (Å²) in [6.07, 6.45) is 5.75. The molecule has 2 aliphatic rings. The number of nitrogens with one attached hydrogen (secondary N) is 3. The highest BCUT2D eigenvalue weighted by Gasteiger charge is 2.43. The SMILES string of the molecule is CC(C)(C)OC(=O)N[C@@H](C(=O)N1CC[C@H]1C(=O)NCc1ccc2c(NC(=O)OCc3ccccc3)nccc2c1)C1CCCCC1. The Morgan fingerprint density at radius 2 is 1.70 bits per heavy atom. The van der Waals surface area contributed by atoms with Crippen LogP contribution in [0.4, 0.5) is 15.4 Å². The number of aromatic nitrogens is 1. The fraction of sp³-hybridized carbons (Fsp3) is 0.457. The van der Waals surface area contributed by atoms with Crippen molar-refractivity contribution in [3.8, 4) is 0 Å². The number of hydrogen-bond donors (Lipinski definition) is 3. The van der Waals surface area contributed by atoms with Gasteiger partial charge in [0.2, 0.25) is 11.8 Å². The topological polar surface area (TPSA) is 139 Å². The van der Waals surface area contributed by atoms with E-state index in [4.69, 9.17) is 9.47 Å². The average Bonchev–Trinajstić information content (AvgIpc) is 3.01. The van der Waals surface area contributed by atoms with Gasteiger partial charge >= 0.3 is 12.2 Å². The number of likely N-dealkylation sites (tertiary alicyclic amines) is 1. The van der Waals surface area contributed by atoms with Gasteiger partial charge in [-0.3, -0.25) is 14.9 Å². The van der Waals surface area contributed by atoms with E-state index in [2.05, 4.69) is 20.9 Å². The summed E-state index contributed by atoms with van der Waals surface area (Å²) in [5.74, 6) is -0.0835.